The highest BCUT2D eigenvalue weighted by molar-refractivity contribution is 5.43. The summed E-state index contributed by atoms with van der Waals surface area (Å²) in [6.07, 6.45) is 8.63. The maximum Gasteiger partial charge on any atom is 0.0342 e. The van der Waals surface area contributed by atoms with Crippen LogP contribution in [0.5, 0.6) is 0 Å². The number of rotatable bonds is 8. The lowest BCUT2D eigenvalue weighted by atomic mass is 10.0. The molecule has 0 saturated carbocycles. The van der Waals surface area contributed by atoms with Crippen molar-refractivity contribution in [2.75, 3.05) is 5.32 Å². The second-order valence-electron chi connectivity index (χ2n) is 4.31. The Balaban J connectivity index is 2.26. The van der Waals surface area contributed by atoms with Gasteiger partial charge >= 0.3 is 0 Å². The van der Waals surface area contributed by atoms with Gasteiger partial charge in [-0.3, -0.25) is 0 Å². The Hall–Kier alpha value is -0.980. The first-order valence-electron chi connectivity index (χ1n) is 6.46. The van der Waals surface area contributed by atoms with Crippen LogP contribution in [0.25, 0.3) is 0 Å². The molecule has 0 fully saturated rings. The highest BCUT2D eigenvalue weighted by atomic mass is 14.9. The molecule has 0 spiro atoms. The van der Waals surface area contributed by atoms with Gasteiger partial charge in [0.05, 0.1) is 0 Å². The number of hydrogen-bond donors (Lipinski definition) is 1. The minimum Gasteiger partial charge on any atom is -0.382 e. The van der Waals surface area contributed by atoms with Gasteiger partial charge in [0.2, 0.25) is 0 Å². The third-order valence-electron chi connectivity index (χ3n) is 2.93. The molecule has 1 heteroatoms. The van der Waals surface area contributed by atoms with Crippen molar-refractivity contribution in [1.29, 1.82) is 0 Å². The van der Waals surface area contributed by atoms with Gasteiger partial charge in [-0.1, -0.05) is 51.3 Å². The zero-order valence-corrected chi connectivity index (χ0v) is 10.6. The second kappa shape index (κ2) is 8.20. The van der Waals surface area contributed by atoms with E-state index in [4.69, 9.17) is 0 Å². The molecule has 0 saturated heterocycles. The first-order valence-corrected chi connectivity index (χ1v) is 6.46. The Morgan fingerprint density at radius 1 is 1.19 bits per heavy atom. The molecule has 1 aromatic carbocycles. The van der Waals surface area contributed by atoms with Crippen molar-refractivity contribution in [3.63, 3.8) is 0 Å². The molecular formula is C15H24N. The summed E-state index contributed by atoms with van der Waals surface area (Å²) in [5, 5.41) is 3.60. The summed E-state index contributed by atoms with van der Waals surface area (Å²) in [6, 6.07) is 11.1. The van der Waals surface area contributed by atoms with Gasteiger partial charge in [-0.15, -0.1) is 0 Å². The van der Waals surface area contributed by atoms with Crippen LogP contribution in [0.3, 0.4) is 0 Å². The maximum atomic E-state index is 3.60. The van der Waals surface area contributed by atoms with Gasteiger partial charge in [0, 0.05) is 11.7 Å². The standard InChI is InChI=1S/C15H24N/c1-3-5-6-8-11-14(4-2)16-15-12-9-7-10-13-15/h3,7,9-10,12-14,16H,4-6,8,11H2,1-2H3. The Labute approximate surface area is 100 Å². The van der Waals surface area contributed by atoms with Crippen molar-refractivity contribution in [3.05, 3.63) is 36.8 Å². The Morgan fingerprint density at radius 2 is 1.94 bits per heavy atom. The summed E-state index contributed by atoms with van der Waals surface area (Å²) >= 11 is 0. The van der Waals surface area contributed by atoms with Crippen molar-refractivity contribution >= 4 is 5.69 Å². The van der Waals surface area contributed by atoms with Gasteiger partial charge in [-0.2, -0.15) is 0 Å². The fourth-order valence-corrected chi connectivity index (χ4v) is 1.89. The Bertz CT molecular complexity index is 255. The summed E-state index contributed by atoms with van der Waals surface area (Å²) < 4.78 is 0. The molecule has 1 aromatic rings. The topological polar surface area (TPSA) is 12.0 Å². The summed E-state index contributed by atoms with van der Waals surface area (Å²) in [5.74, 6) is 0. The minimum absolute atomic E-state index is 0.624. The molecule has 1 N–H and O–H groups in total. The molecule has 0 aliphatic carbocycles. The van der Waals surface area contributed by atoms with E-state index >= 15 is 0 Å². The van der Waals surface area contributed by atoms with E-state index in [9.17, 15) is 0 Å². The number of nitrogens with one attached hydrogen (secondary N) is 1. The molecule has 1 unspecified atom stereocenters. The molecule has 0 amide bonds. The van der Waals surface area contributed by atoms with Crippen molar-refractivity contribution in [2.24, 2.45) is 0 Å². The molecule has 89 valence electrons. The van der Waals surface area contributed by atoms with E-state index < -0.39 is 0 Å². The number of anilines is 1. The molecule has 16 heavy (non-hydrogen) atoms. The first-order chi connectivity index (χ1) is 7.86. The van der Waals surface area contributed by atoms with Crippen LogP contribution in [0.2, 0.25) is 0 Å². The third-order valence-corrected chi connectivity index (χ3v) is 2.93. The number of para-hydroxylation sites is 1. The molecule has 0 heterocycles. The molecular weight excluding hydrogens is 194 g/mol. The fourth-order valence-electron chi connectivity index (χ4n) is 1.89. The lowest BCUT2D eigenvalue weighted by molar-refractivity contribution is 0.577. The molecule has 0 aromatic heterocycles. The zero-order valence-electron chi connectivity index (χ0n) is 10.6. The van der Waals surface area contributed by atoms with Crippen molar-refractivity contribution < 1.29 is 0 Å². The van der Waals surface area contributed by atoms with E-state index in [-0.39, 0.29) is 0 Å². The molecule has 1 nitrogen and oxygen atoms in total. The quantitative estimate of drug-likeness (QED) is 0.626. The van der Waals surface area contributed by atoms with E-state index in [0.717, 1.165) is 0 Å². The van der Waals surface area contributed by atoms with E-state index in [2.05, 4.69) is 55.9 Å². The van der Waals surface area contributed by atoms with Crippen LogP contribution in [0.15, 0.2) is 30.3 Å². The van der Waals surface area contributed by atoms with E-state index in [1.54, 1.807) is 0 Å². The normalized spacial score (nSPS) is 12.4. The largest absolute Gasteiger partial charge is 0.382 e. The van der Waals surface area contributed by atoms with E-state index in [0.29, 0.717) is 6.04 Å². The summed E-state index contributed by atoms with van der Waals surface area (Å²) in [6.45, 7) is 4.39. The van der Waals surface area contributed by atoms with Gasteiger partial charge < -0.3 is 5.32 Å². The summed E-state index contributed by atoms with van der Waals surface area (Å²) in [7, 11) is 0. The minimum atomic E-state index is 0.624. The molecule has 1 radical (unpaired) electrons. The number of unbranched alkanes of at least 4 members (excludes halogenated alkanes) is 3. The predicted octanol–water partition coefficient (Wildman–Crippen LogP) is 4.66. The highest BCUT2D eigenvalue weighted by Gasteiger charge is 2.04. The lowest BCUT2D eigenvalue weighted by Crippen LogP contribution is -2.18. The molecule has 1 rings (SSSR count). The smallest absolute Gasteiger partial charge is 0.0342 e. The van der Waals surface area contributed by atoms with Crippen molar-refractivity contribution in [2.45, 2.75) is 52.0 Å². The van der Waals surface area contributed by atoms with Crippen LogP contribution in [0.4, 0.5) is 5.69 Å². The predicted molar refractivity (Wildman–Crippen MR) is 72.6 cm³/mol. The van der Waals surface area contributed by atoms with Gasteiger partial charge in [-0.05, 0) is 31.4 Å². The van der Waals surface area contributed by atoms with Gasteiger partial charge in [0.25, 0.3) is 0 Å². The van der Waals surface area contributed by atoms with Gasteiger partial charge in [0.15, 0.2) is 0 Å². The van der Waals surface area contributed by atoms with Crippen LogP contribution in [-0.4, -0.2) is 6.04 Å². The maximum absolute atomic E-state index is 3.60. The second-order valence-corrected chi connectivity index (χ2v) is 4.31. The van der Waals surface area contributed by atoms with E-state index in [1.807, 2.05) is 0 Å². The monoisotopic (exact) mass is 218 g/mol. The molecule has 0 bridgehead atoms. The lowest BCUT2D eigenvalue weighted by Gasteiger charge is -2.18. The third kappa shape index (κ3) is 5.20. The van der Waals surface area contributed by atoms with Crippen molar-refractivity contribution in [1.82, 2.24) is 0 Å². The average molecular weight is 218 g/mol. The Morgan fingerprint density at radius 3 is 2.56 bits per heavy atom. The van der Waals surface area contributed by atoms with Crippen molar-refractivity contribution in [3.8, 4) is 0 Å². The van der Waals surface area contributed by atoms with Crippen LogP contribution in [0, 0.1) is 6.42 Å². The molecule has 0 aliphatic rings. The summed E-state index contributed by atoms with van der Waals surface area (Å²) in [5.41, 5.74) is 1.25. The van der Waals surface area contributed by atoms with Crippen LogP contribution in [0.1, 0.15) is 46.0 Å². The number of benzene rings is 1. The zero-order chi connectivity index (χ0) is 11.6. The van der Waals surface area contributed by atoms with Crippen LogP contribution >= 0.6 is 0 Å². The first kappa shape index (κ1) is 13.1. The van der Waals surface area contributed by atoms with Gasteiger partial charge in [-0.25, -0.2) is 0 Å². The molecule has 1 atom stereocenters. The fraction of sp³-hybridized carbons (Fsp3) is 0.533. The number of hydrogen-bond acceptors (Lipinski definition) is 1. The van der Waals surface area contributed by atoms with E-state index in [1.165, 1.54) is 37.8 Å². The highest BCUT2D eigenvalue weighted by Crippen LogP contribution is 2.14. The Kier molecular flexibility index (Phi) is 6.71. The average Bonchev–Trinajstić information content (AvgIpc) is 2.34. The van der Waals surface area contributed by atoms with Crippen LogP contribution in [-0.2, 0) is 0 Å². The van der Waals surface area contributed by atoms with Crippen LogP contribution < -0.4 is 5.32 Å². The SMILES string of the molecule is C[CH]CCCCC(CC)Nc1ccccc1. The molecule has 0 aliphatic heterocycles. The summed E-state index contributed by atoms with van der Waals surface area (Å²) in [4.78, 5) is 0. The van der Waals surface area contributed by atoms with Gasteiger partial charge in [0.1, 0.15) is 0 Å².